The molecule has 4 heteroatoms. The third kappa shape index (κ3) is 3.20. The Morgan fingerprint density at radius 3 is 2.35 bits per heavy atom. The molecule has 0 heterocycles. The van der Waals surface area contributed by atoms with Crippen molar-refractivity contribution >= 4 is 17.4 Å². The molecule has 88 valence electrons. The minimum Gasteiger partial charge on any atom is -0.396 e. The van der Waals surface area contributed by atoms with Gasteiger partial charge in [0.05, 0.1) is 5.69 Å². The lowest BCUT2D eigenvalue weighted by Crippen LogP contribution is -1.90. The Hall–Kier alpha value is -1.55. The van der Waals surface area contributed by atoms with E-state index in [1.165, 1.54) is 30.0 Å². The molecule has 0 saturated heterocycles. The lowest BCUT2D eigenvalue weighted by molar-refractivity contribution is 0.627. The Kier molecular flexibility index (Phi) is 3.64. The van der Waals surface area contributed by atoms with E-state index in [1.807, 2.05) is 0 Å². The second-order valence-electron chi connectivity index (χ2n) is 3.60. The predicted molar refractivity (Wildman–Crippen MR) is 66.8 cm³/mol. The molecule has 2 N–H and O–H groups in total. The molecule has 0 aliphatic heterocycles. The minimum atomic E-state index is -0.408. The van der Waals surface area contributed by atoms with Crippen LogP contribution in [0.2, 0.25) is 0 Å². The number of nitrogens with two attached hydrogens (primary N) is 1. The Labute approximate surface area is 103 Å². The fourth-order valence-electron chi connectivity index (χ4n) is 1.34. The topological polar surface area (TPSA) is 26.0 Å². The Morgan fingerprint density at radius 1 is 1.00 bits per heavy atom. The van der Waals surface area contributed by atoms with E-state index in [4.69, 9.17) is 5.73 Å². The standard InChI is InChI=1S/C13H11F2NS/c14-10-3-1-9(2-4-10)8-17-11-5-6-13(16)12(15)7-11/h1-7H,8,16H2. The largest absolute Gasteiger partial charge is 0.396 e. The summed E-state index contributed by atoms with van der Waals surface area (Å²) in [5, 5.41) is 0. The number of thioether (sulfide) groups is 1. The summed E-state index contributed by atoms with van der Waals surface area (Å²) >= 11 is 1.48. The molecular formula is C13H11F2NS. The lowest BCUT2D eigenvalue weighted by Gasteiger charge is -2.03. The van der Waals surface area contributed by atoms with Gasteiger partial charge in [0.15, 0.2) is 0 Å². The van der Waals surface area contributed by atoms with Gasteiger partial charge in [-0.1, -0.05) is 12.1 Å². The summed E-state index contributed by atoms with van der Waals surface area (Å²) in [4.78, 5) is 0.807. The van der Waals surface area contributed by atoms with Gasteiger partial charge in [-0.3, -0.25) is 0 Å². The fraction of sp³-hybridized carbons (Fsp3) is 0.0769. The van der Waals surface area contributed by atoms with E-state index in [9.17, 15) is 8.78 Å². The first kappa shape index (κ1) is 11.9. The van der Waals surface area contributed by atoms with Crippen molar-refractivity contribution in [2.24, 2.45) is 0 Å². The quantitative estimate of drug-likeness (QED) is 0.662. The summed E-state index contributed by atoms with van der Waals surface area (Å²) in [5.41, 5.74) is 6.53. The van der Waals surface area contributed by atoms with Crippen molar-refractivity contribution in [3.05, 3.63) is 59.7 Å². The van der Waals surface area contributed by atoms with Gasteiger partial charge in [0, 0.05) is 10.6 Å². The SMILES string of the molecule is Nc1ccc(SCc2ccc(F)cc2)cc1F. The number of anilines is 1. The zero-order valence-electron chi connectivity index (χ0n) is 8.99. The Balaban J connectivity index is 2.02. The molecule has 0 aliphatic carbocycles. The van der Waals surface area contributed by atoms with Crippen LogP contribution in [0.25, 0.3) is 0 Å². The maximum atomic E-state index is 13.2. The van der Waals surface area contributed by atoms with Gasteiger partial charge >= 0.3 is 0 Å². The van der Waals surface area contributed by atoms with Crippen LogP contribution in [-0.2, 0) is 5.75 Å². The minimum absolute atomic E-state index is 0.149. The first-order chi connectivity index (χ1) is 8.15. The van der Waals surface area contributed by atoms with E-state index in [-0.39, 0.29) is 11.5 Å². The molecule has 0 aliphatic rings. The molecule has 2 rings (SSSR count). The van der Waals surface area contributed by atoms with Crippen LogP contribution in [0.3, 0.4) is 0 Å². The van der Waals surface area contributed by atoms with Crippen molar-refractivity contribution in [2.75, 3.05) is 5.73 Å². The second kappa shape index (κ2) is 5.19. The first-order valence-corrected chi connectivity index (χ1v) is 6.06. The van der Waals surface area contributed by atoms with E-state index in [1.54, 1.807) is 24.3 Å². The van der Waals surface area contributed by atoms with Crippen molar-refractivity contribution < 1.29 is 8.78 Å². The van der Waals surface area contributed by atoms with E-state index >= 15 is 0 Å². The molecule has 1 nitrogen and oxygen atoms in total. The van der Waals surface area contributed by atoms with Crippen LogP contribution >= 0.6 is 11.8 Å². The molecule has 0 fully saturated rings. The molecule has 2 aromatic rings. The summed E-state index contributed by atoms with van der Waals surface area (Å²) < 4.78 is 25.8. The highest BCUT2D eigenvalue weighted by Gasteiger charge is 2.01. The predicted octanol–water partition coefficient (Wildman–Crippen LogP) is 3.84. The zero-order chi connectivity index (χ0) is 12.3. The summed E-state index contributed by atoms with van der Waals surface area (Å²) in [6, 6.07) is 11.0. The van der Waals surface area contributed by atoms with Crippen LogP contribution in [0.15, 0.2) is 47.4 Å². The lowest BCUT2D eigenvalue weighted by atomic mass is 10.2. The molecule has 0 aromatic heterocycles. The average molecular weight is 251 g/mol. The normalized spacial score (nSPS) is 10.5. The van der Waals surface area contributed by atoms with Gasteiger partial charge in [-0.05, 0) is 35.9 Å². The molecule has 0 radical (unpaired) electrons. The van der Waals surface area contributed by atoms with E-state index < -0.39 is 5.82 Å². The monoisotopic (exact) mass is 251 g/mol. The molecule has 0 atom stereocenters. The molecule has 2 aromatic carbocycles. The zero-order valence-corrected chi connectivity index (χ0v) is 9.81. The molecule has 0 bridgehead atoms. The summed E-state index contributed by atoms with van der Waals surface area (Å²) in [6.07, 6.45) is 0. The summed E-state index contributed by atoms with van der Waals surface area (Å²) in [6.45, 7) is 0. The van der Waals surface area contributed by atoms with Crippen molar-refractivity contribution in [1.29, 1.82) is 0 Å². The van der Waals surface area contributed by atoms with Gasteiger partial charge < -0.3 is 5.73 Å². The highest BCUT2D eigenvalue weighted by molar-refractivity contribution is 7.98. The van der Waals surface area contributed by atoms with Crippen molar-refractivity contribution in [3.8, 4) is 0 Å². The maximum absolute atomic E-state index is 13.2. The third-order valence-corrected chi connectivity index (χ3v) is 3.36. The number of benzene rings is 2. The molecule has 17 heavy (non-hydrogen) atoms. The molecule has 0 saturated carbocycles. The van der Waals surface area contributed by atoms with Crippen LogP contribution in [0.4, 0.5) is 14.5 Å². The molecular weight excluding hydrogens is 240 g/mol. The number of hydrogen-bond acceptors (Lipinski definition) is 2. The number of nitrogen functional groups attached to an aromatic ring is 1. The summed E-state index contributed by atoms with van der Waals surface area (Å²) in [5.74, 6) is 0.00952. The highest BCUT2D eigenvalue weighted by atomic mass is 32.2. The van der Waals surface area contributed by atoms with Gasteiger partial charge in [-0.25, -0.2) is 8.78 Å². The number of halogens is 2. The van der Waals surface area contributed by atoms with Gasteiger partial charge in [0.25, 0.3) is 0 Å². The van der Waals surface area contributed by atoms with Crippen molar-refractivity contribution in [1.82, 2.24) is 0 Å². The van der Waals surface area contributed by atoms with E-state index in [2.05, 4.69) is 0 Å². The van der Waals surface area contributed by atoms with Crippen LogP contribution in [0.1, 0.15) is 5.56 Å². The van der Waals surface area contributed by atoms with Crippen molar-refractivity contribution in [2.45, 2.75) is 10.6 Å². The number of hydrogen-bond donors (Lipinski definition) is 1. The fourth-order valence-corrected chi connectivity index (χ4v) is 2.22. The van der Waals surface area contributed by atoms with E-state index in [0.29, 0.717) is 5.75 Å². The van der Waals surface area contributed by atoms with Crippen LogP contribution in [0, 0.1) is 11.6 Å². The third-order valence-electron chi connectivity index (χ3n) is 2.29. The van der Waals surface area contributed by atoms with E-state index in [0.717, 1.165) is 10.5 Å². The second-order valence-corrected chi connectivity index (χ2v) is 4.65. The van der Waals surface area contributed by atoms with Crippen LogP contribution < -0.4 is 5.73 Å². The molecule has 0 amide bonds. The Morgan fingerprint density at radius 2 is 1.71 bits per heavy atom. The summed E-state index contributed by atoms with van der Waals surface area (Å²) in [7, 11) is 0. The smallest absolute Gasteiger partial charge is 0.147 e. The Bertz CT molecular complexity index is 511. The molecule has 0 spiro atoms. The van der Waals surface area contributed by atoms with Gasteiger partial charge in [-0.15, -0.1) is 11.8 Å². The highest BCUT2D eigenvalue weighted by Crippen LogP contribution is 2.25. The van der Waals surface area contributed by atoms with Crippen LogP contribution in [-0.4, -0.2) is 0 Å². The molecule has 0 unspecified atom stereocenters. The average Bonchev–Trinajstić information content (AvgIpc) is 2.33. The van der Waals surface area contributed by atoms with Gasteiger partial charge in [-0.2, -0.15) is 0 Å². The first-order valence-electron chi connectivity index (χ1n) is 5.07. The van der Waals surface area contributed by atoms with Crippen LogP contribution in [0.5, 0.6) is 0 Å². The van der Waals surface area contributed by atoms with Crippen molar-refractivity contribution in [3.63, 3.8) is 0 Å². The maximum Gasteiger partial charge on any atom is 0.147 e. The van der Waals surface area contributed by atoms with Gasteiger partial charge in [0.2, 0.25) is 0 Å². The number of rotatable bonds is 3. The van der Waals surface area contributed by atoms with Gasteiger partial charge in [0.1, 0.15) is 11.6 Å².